The quantitative estimate of drug-likeness (QED) is 0.814. The summed E-state index contributed by atoms with van der Waals surface area (Å²) in [6.07, 6.45) is 0. The Morgan fingerprint density at radius 1 is 1.50 bits per heavy atom. The zero-order valence-corrected chi connectivity index (χ0v) is 13.8. The number of H-pyrrole nitrogens is 1. The van der Waals surface area contributed by atoms with E-state index in [9.17, 15) is 10.1 Å². The molecule has 1 amide bonds. The van der Waals surface area contributed by atoms with Crippen LogP contribution in [0.15, 0.2) is 29.3 Å². The van der Waals surface area contributed by atoms with E-state index in [1.165, 1.54) is 11.8 Å². The minimum absolute atomic E-state index is 0.164. The van der Waals surface area contributed by atoms with Crippen LogP contribution in [0.2, 0.25) is 5.02 Å². The van der Waals surface area contributed by atoms with E-state index in [2.05, 4.69) is 21.6 Å². The molecule has 2 aromatic rings. The highest BCUT2D eigenvalue weighted by atomic mass is 35.5. The SMILES string of the molecule is CC(C)C(=O)Nc1[nH]nc(SCc2ccccc2Cl)c1C#N. The molecule has 0 bridgehead atoms. The summed E-state index contributed by atoms with van der Waals surface area (Å²) in [7, 11) is 0. The lowest BCUT2D eigenvalue weighted by molar-refractivity contribution is -0.118. The molecule has 0 aliphatic carbocycles. The number of nitrogens with zero attached hydrogens (tertiary/aromatic N) is 2. The first kappa shape index (κ1) is 16.4. The van der Waals surface area contributed by atoms with Crippen molar-refractivity contribution in [3.8, 4) is 6.07 Å². The maximum Gasteiger partial charge on any atom is 0.228 e. The zero-order chi connectivity index (χ0) is 16.1. The highest BCUT2D eigenvalue weighted by Gasteiger charge is 2.17. The van der Waals surface area contributed by atoms with Gasteiger partial charge >= 0.3 is 0 Å². The molecule has 114 valence electrons. The Bertz CT molecular complexity index is 721. The van der Waals surface area contributed by atoms with E-state index in [1.807, 2.05) is 24.3 Å². The van der Waals surface area contributed by atoms with Crippen LogP contribution in [-0.2, 0) is 10.5 Å². The minimum atomic E-state index is -0.172. The summed E-state index contributed by atoms with van der Waals surface area (Å²) in [6.45, 7) is 3.57. The van der Waals surface area contributed by atoms with Crippen molar-refractivity contribution in [1.29, 1.82) is 5.26 Å². The standard InChI is InChI=1S/C15H15ClN4OS/c1-9(2)14(21)18-13-11(7-17)15(20-19-13)22-8-10-5-3-4-6-12(10)16/h3-6,9H,8H2,1-2H3,(H2,18,19,20,21). The zero-order valence-electron chi connectivity index (χ0n) is 12.2. The van der Waals surface area contributed by atoms with E-state index < -0.39 is 0 Å². The van der Waals surface area contributed by atoms with Gasteiger partial charge in [0.05, 0.1) is 0 Å². The number of thioether (sulfide) groups is 1. The molecular formula is C15H15ClN4OS. The van der Waals surface area contributed by atoms with E-state index in [0.717, 1.165) is 5.56 Å². The molecule has 0 atom stereocenters. The molecule has 1 aromatic carbocycles. The highest BCUT2D eigenvalue weighted by molar-refractivity contribution is 7.98. The van der Waals surface area contributed by atoms with Gasteiger partial charge in [-0.05, 0) is 11.6 Å². The third kappa shape index (κ3) is 3.81. The summed E-state index contributed by atoms with van der Waals surface area (Å²) in [6, 6.07) is 9.60. The van der Waals surface area contributed by atoms with Crippen molar-refractivity contribution in [1.82, 2.24) is 10.2 Å². The molecule has 5 nitrogen and oxygen atoms in total. The Hall–Kier alpha value is -1.97. The Morgan fingerprint density at radius 3 is 2.86 bits per heavy atom. The van der Waals surface area contributed by atoms with Gasteiger partial charge in [-0.1, -0.05) is 55.4 Å². The van der Waals surface area contributed by atoms with Crippen molar-refractivity contribution in [3.63, 3.8) is 0 Å². The molecule has 7 heteroatoms. The fourth-order valence-electron chi connectivity index (χ4n) is 1.65. The maximum absolute atomic E-state index is 11.7. The lowest BCUT2D eigenvalue weighted by atomic mass is 10.2. The molecule has 0 saturated heterocycles. The van der Waals surface area contributed by atoms with Crippen molar-refractivity contribution in [3.05, 3.63) is 40.4 Å². The molecule has 0 aliphatic heterocycles. The first-order chi connectivity index (χ1) is 10.5. The maximum atomic E-state index is 11.7. The molecule has 22 heavy (non-hydrogen) atoms. The van der Waals surface area contributed by atoms with Gasteiger partial charge in [-0.25, -0.2) is 0 Å². The van der Waals surface area contributed by atoms with Crippen LogP contribution in [0.25, 0.3) is 0 Å². The Balaban J connectivity index is 2.13. The molecule has 0 aliphatic rings. The van der Waals surface area contributed by atoms with Gasteiger partial charge in [-0.3, -0.25) is 9.89 Å². The van der Waals surface area contributed by atoms with E-state index in [-0.39, 0.29) is 11.8 Å². The molecule has 1 heterocycles. The molecule has 2 rings (SSSR count). The van der Waals surface area contributed by atoms with Gasteiger partial charge in [0.25, 0.3) is 0 Å². The normalized spacial score (nSPS) is 10.5. The van der Waals surface area contributed by atoms with Gasteiger partial charge < -0.3 is 5.32 Å². The summed E-state index contributed by atoms with van der Waals surface area (Å²) in [5.74, 6) is 0.594. The fourth-order valence-corrected chi connectivity index (χ4v) is 2.88. The number of anilines is 1. The number of amides is 1. The summed E-state index contributed by atoms with van der Waals surface area (Å²) >= 11 is 7.50. The van der Waals surface area contributed by atoms with Gasteiger partial charge in [-0.15, -0.1) is 0 Å². The second kappa shape index (κ2) is 7.34. The third-order valence-electron chi connectivity index (χ3n) is 2.94. The average molecular weight is 335 g/mol. The highest BCUT2D eigenvalue weighted by Crippen LogP contribution is 2.30. The average Bonchev–Trinajstić information content (AvgIpc) is 2.88. The van der Waals surface area contributed by atoms with Gasteiger partial charge in [0.2, 0.25) is 5.91 Å². The molecular weight excluding hydrogens is 320 g/mol. The fraction of sp³-hybridized carbons (Fsp3) is 0.267. The Morgan fingerprint density at radius 2 is 2.23 bits per heavy atom. The number of halogens is 1. The summed E-state index contributed by atoms with van der Waals surface area (Å²) in [4.78, 5) is 11.7. The number of rotatable bonds is 5. The van der Waals surface area contributed by atoms with Crippen LogP contribution in [0.3, 0.4) is 0 Å². The predicted molar refractivity (Wildman–Crippen MR) is 87.8 cm³/mol. The van der Waals surface area contributed by atoms with Crippen molar-refractivity contribution in [2.24, 2.45) is 5.92 Å². The van der Waals surface area contributed by atoms with Crippen molar-refractivity contribution in [2.45, 2.75) is 24.6 Å². The van der Waals surface area contributed by atoms with Crippen LogP contribution >= 0.6 is 23.4 Å². The number of benzene rings is 1. The Kier molecular flexibility index (Phi) is 5.47. The van der Waals surface area contributed by atoms with Crippen molar-refractivity contribution < 1.29 is 4.79 Å². The molecule has 1 aromatic heterocycles. The molecule has 0 spiro atoms. The second-order valence-electron chi connectivity index (χ2n) is 4.91. The van der Waals surface area contributed by atoms with E-state index in [0.29, 0.717) is 27.2 Å². The predicted octanol–water partition coefficient (Wildman–Crippen LogP) is 3.82. The lowest BCUT2D eigenvalue weighted by Crippen LogP contribution is -2.18. The number of hydrogen-bond acceptors (Lipinski definition) is 4. The van der Waals surface area contributed by atoms with Gasteiger partial charge in [0.1, 0.15) is 22.5 Å². The van der Waals surface area contributed by atoms with Gasteiger partial charge in [-0.2, -0.15) is 10.4 Å². The van der Waals surface area contributed by atoms with Gasteiger partial charge in [0, 0.05) is 16.7 Å². The van der Waals surface area contributed by atoms with Crippen LogP contribution < -0.4 is 5.32 Å². The minimum Gasteiger partial charge on any atom is -0.310 e. The van der Waals surface area contributed by atoms with Crippen LogP contribution in [0, 0.1) is 17.2 Å². The number of nitrogens with one attached hydrogen (secondary N) is 2. The van der Waals surface area contributed by atoms with Crippen LogP contribution in [0.5, 0.6) is 0 Å². The molecule has 2 N–H and O–H groups in total. The Labute approximate surface area is 138 Å². The van der Waals surface area contributed by atoms with E-state index in [4.69, 9.17) is 11.6 Å². The smallest absolute Gasteiger partial charge is 0.228 e. The monoisotopic (exact) mass is 334 g/mol. The summed E-state index contributed by atoms with van der Waals surface area (Å²) in [5, 5.41) is 20.0. The first-order valence-electron chi connectivity index (χ1n) is 6.68. The largest absolute Gasteiger partial charge is 0.310 e. The molecule has 0 unspecified atom stereocenters. The number of carbonyl (C=O) groups excluding carboxylic acids is 1. The lowest BCUT2D eigenvalue weighted by Gasteiger charge is -2.05. The van der Waals surface area contributed by atoms with Crippen molar-refractivity contribution >= 4 is 35.1 Å². The number of hydrogen-bond donors (Lipinski definition) is 2. The molecule has 0 radical (unpaired) electrons. The molecule has 0 saturated carbocycles. The van der Waals surface area contributed by atoms with Crippen molar-refractivity contribution in [2.75, 3.05) is 5.32 Å². The topological polar surface area (TPSA) is 81.6 Å². The van der Waals surface area contributed by atoms with Crippen LogP contribution in [0.1, 0.15) is 25.0 Å². The number of aromatic nitrogens is 2. The summed E-state index contributed by atoms with van der Waals surface area (Å²) < 4.78 is 0. The first-order valence-corrected chi connectivity index (χ1v) is 8.04. The molecule has 0 fully saturated rings. The summed E-state index contributed by atoms with van der Waals surface area (Å²) in [5.41, 5.74) is 1.31. The van der Waals surface area contributed by atoms with Crippen LogP contribution in [-0.4, -0.2) is 16.1 Å². The second-order valence-corrected chi connectivity index (χ2v) is 6.29. The van der Waals surface area contributed by atoms with Gasteiger partial charge in [0.15, 0.2) is 0 Å². The third-order valence-corrected chi connectivity index (χ3v) is 4.33. The van der Waals surface area contributed by atoms with E-state index in [1.54, 1.807) is 13.8 Å². The number of aromatic amines is 1. The number of carbonyl (C=O) groups is 1. The van der Waals surface area contributed by atoms with Crippen LogP contribution in [0.4, 0.5) is 5.82 Å². The number of nitriles is 1. The van der Waals surface area contributed by atoms with E-state index >= 15 is 0 Å².